The molecule has 0 aromatic rings. The molecule has 0 saturated heterocycles. The van der Waals surface area contributed by atoms with E-state index in [0.717, 1.165) is 51.4 Å². The molecule has 0 radical (unpaired) electrons. The fraction of sp³-hybridized carbons (Fsp3) is 0.871. The van der Waals surface area contributed by atoms with Gasteiger partial charge in [-0.15, -0.1) is 0 Å². The second kappa shape index (κ2) is 7.30. The summed E-state index contributed by atoms with van der Waals surface area (Å²) < 4.78 is 0. The van der Waals surface area contributed by atoms with Gasteiger partial charge in [0.05, 0.1) is 0 Å². The maximum Gasteiger partial charge on any atom is 0.159 e. The summed E-state index contributed by atoms with van der Waals surface area (Å²) in [6.07, 6.45) is 12.9. The van der Waals surface area contributed by atoms with Crippen molar-refractivity contribution in [1.82, 2.24) is 0 Å². The average molecular weight is 469 g/mol. The molecule has 4 fully saturated rings. The fourth-order valence-corrected chi connectivity index (χ4v) is 10.7. The van der Waals surface area contributed by atoms with Gasteiger partial charge in [0, 0.05) is 17.9 Å². The number of aliphatic hydroxyl groups is 1. The highest BCUT2D eigenvalue weighted by Gasteiger charge is 2.70. The number of ketones is 1. The lowest BCUT2D eigenvalue weighted by molar-refractivity contribution is -0.195. The summed E-state index contributed by atoms with van der Waals surface area (Å²) in [6, 6.07) is 0. The molecule has 9 atom stereocenters. The normalized spacial score (nSPS) is 54.1. The lowest BCUT2D eigenvalue weighted by Gasteiger charge is -2.70. The third kappa shape index (κ3) is 2.91. The molecule has 0 amide bonds. The summed E-state index contributed by atoms with van der Waals surface area (Å²) in [4.78, 5) is 26.3. The molecule has 4 saturated carbocycles. The van der Waals surface area contributed by atoms with Crippen LogP contribution in [-0.4, -0.2) is 23.8 Å². The van der Waals surface area contributed by atoms with Crippen LogP contribution in [0.4, 0.5) is 0 Å². The number of carbonyl (C=O) groups excluding carboxylic acids is 2. The van der Waals surface area contributed by atoms with Gasteiger partial charge >= 0.3 is 0 Å². The molecule has 5 aliphatic rings. The van der Waals surface area contributed by atoms with Crippen LogP contribution in [0.25, 0.3) is 0 Å². The molecule has 0 aromatic carbocycles. The minimum Gasteiger partial charge on any atom is -0.396 e. The van der Waals surface area contributed by atoms with E-state index in [1.807, 2.05) is 0 Å². The Bertz CT molecular complexity index is 933. The van der Waals surface area contributed by atoms with Crippen molar-refractivity contribution in [2.24, 2.45) is 56.2 Å². The van der Waals surface area contributed by atoms with Crippen LogP contribution >= 0.6 is 0 Å². The largest absolute Gasteiger partial charge is 0.396 e. The molecule has 3 heteroatoms. The van der Waals surface area contributed by atoms with E-state index in [0.29, 0.717) is 23.5 Å². The third-order valence-corrected chi connectivity index (χ3v) is 13.4. The molecule has 190 valence electrons. The highest BCUT2D eigenvalue weighted by atomic mass is 16.3. The average Bonchev–Trinajstić information content (AvgIpc) is 2.76. The number of aliphatic hydroxyl groups excluding tert-OH is 1. The fourth-order valence-electron chi connectivity index (χ4n) is 10.7. The highest BCUT2D eigenvalue weighted by molar-refractivity contribution is 5.95. The van der Waals surface area contributed by atoms with Gasteiger partial charge in [-0.1, -0.05) is 54.0 Å². The van der Waals surface area contributed by atoms with Crippen LogP contribution in [0.1, 0.15) is 106 Å². The molecule has 5 rings (SSSR count). The first kappa shape index (κ1) is 24.7. The Morgan fingerprint density at radius 3 is 2.26 bits per heavy atom. The monoisotopic (exact) mass is 468 g/mol. The van der Waals surface area contributed by atoms with Crippen LogP contribution in [0.3, 0.4) is 0 Å². The summed E-state index contributed by atoms with van der Waals surface area (Å²) >= 11 is 0. The van der Waals surface area contributed by atoms with Gasteiger partial charge < -0.3 is 9.90 Å². The molecular formula is C31H48O3. The van der Waals surface area contributed by atoms with Crippen molar-refractivity contribution in [2.75, 3.05) is 6.61 Å². The molecule has 0 aromatic heterocycles. The number of hydrogen-bond acceptors (Lipinski definition) is 3. The van der Waals surface area contributed by atoms with Crippen LogP contribution in [0.2, 0.25) is 0 Å². The van der Waals surface area contributed by atoms with E-state index in [-0.39, 0.29) is 45.0 Å². The maximum atomic E-state index is 14.3. The molecule has 0 bridgehead atoms. The summed E-state index contributed by atoms with van der Waals surface area (Å²) in [5.41, 5.74) is 1.34. The Balaban J connectivity index is 1.61. The van der Waals surface area contributed by atoms with Gasteiger partial charge in [0.1, 0.15) is 6.29 Å². The molecule has 0 aliphatic heterocycles. The first-order chi connectivity index (χ1) is 15.7. The predicted octanol–water partition coefficient (Wildman–Crippen LogP) is 6.77. The van der Waals surface area contributed by atoms with E-state index in [1.54, 1.807) is 0 Å². The van der Waals surface area contributed by atoms with E-state index in [1.165, 1.54) is 18.3 Å². The van der Waals surface area contributed by atoms with Gasteiger partial charge in [-0.3, -0.25) is 4.79 Å². The van der Waals surface area contributed by atoms with Gasteiger partial charge in [0.25, 0.3) is 0 Å². The molecule has 1 N–H and O–H groups in total. The Labute approximate surface area is 207 Å². The van der Waals surface area contributed by atoms with Gasteiger partial charge in [0.2, 0.25) is 0 Å². The minimum atomic E-state index is -0.263. The Kier molecular flexibility index (Phi) is 5.31. The summed E-state index contributed by atoms with van der Waals surface area (Å²) in [6.45, 7) is 16.9. The highest BCUT2D eigenvalue weighted by Crippen LogP contribution is 2.75. The Morgan fingerprint density at radius 1 is 0.941 bits per heavy atom. The van der Waals surface area contributed by atoms with Crippen LogP contribution in [0.15, 0.2) is 11.6 Å². The van der Waals surface area contributed by atoms with Gasteiger partial charge in [0.15, 0.2) is 5.78 Å². The lowest BCUT2D eigenvalue weighted by atomic mass is 9.33. The molecule has 0 spiro atoms. The number of aldehydes is 1. The standard InChI is InChI=1S/C31H48O3/c1-26(2)20(18-32)8-10-29(5)24(26)9-11-31(7)25(29)23(34)16-21-22-17-27(3,19-33)12-13-28(22,4)14-15-30(21,31)6/h16,19-20,22,24-25,32H,8-15,17-18H2,1-7H3/t20-,22+,24+,25-,27+,28-,29+,30-,31-/m1/s1. The number of rotatable bonds is 2. The molecule has 0 unspecified atom stereocenters. The van der Waals surface area contributed by atoms with E-state index in [9.17, 15) is 14.7 Å². The molecule has 0 heterocycles. The van der Waals surface area contributed by atoms with Gasteiger partial charge in [-0.2, -0.15) is 0 Å². The van der Waals surface area contributed by atoms with Gasteiger partial charge in [-0.25, -0.2) is 0 Å². The zero-order chi connectivity index (χ0) is 24.9. The number of carbonyl (C=O) groups is 2. The summed E-state index contributed by atoms with van der Waals surface area (Å²) in [5.74, 6) is 1.55. The second-order valence-corrected chi connectivity index (χ2v) is 15.2. The second-order valence-electron chi connectivity index (χ2n) is 15.2. The van der Waals surface area contributed by atoms with Crippen LogP contribution in [-0.2, 0) is 9.59 Å². The first-order valence-corrected chi connectivity index (χ1v) is 14.0. The van der Waals surface area contributed by atoms with Crippen molar-refractivity contribution >= 4 is 12.1 Å². The van der Waals surface area contributed by atoms with Crippen LogP contribution in [0.5, 0.6) is 0 Å². The zero-order valence-corrected chi connectivity index (χ0v) is 22.8. The number of allylic oxidation sites excluding steroid dienone is 2. The third-order valence-electron chi connectivity index (χ3n) is 13.4. The molecular weight excluding hydrogens is 420 g/mol. The van der Waals surface area contributed by atoms with E-state index >= 15 is 0 Å². The number of fused-ring (bicyclic) bond motifs is 7. The summed E-state index contributed by atoms with van der Waals surface area (Å²) in [5, 5.41) is 10.1. The lowest BCUT2D eigenvalue weighted by Crippen LogP contribution is -2.66. The Hall–Kier alpha value is -0.960. The van der Waals surface area contributed by atoms with Crippen molar-refractivity contribution in [3.63, 3.8) is 0 Å². The van der Waals surface area contributed by atoms with E-state index in [2.05, 4.69) is 54.5 Å². The van der Waals surface area contributed by atoms with Crippen LogP contribution in [0, 0.1) is 56.2 Å². The van der Waals surface area contributed by atoms with E-state index in [4.69, 9.17) is 0 Å². The van der Waals surface area contributed by atoms with Crippen molar-refractivity contribution in [3.05, 3.63) is 11.6 Å². The smallest absolute Gasteiger partial charge is 0.159 e. The van der Waals surface area contributed by atoms with E-state index < -0.39 is 0 Å². The van der Waals surface area contributed by atoms with Gasteiger partial charge in [-0.05, 0) is 109 Å². The van der Waals surface area contributed by atoms with Crippen LogP contribution < -0.4 is 0 Å². The minimum absolute atomic E-state index is 0.0167. The predicted molar refractivity (Wildman–Crippen MR) is 136 cm³/mol. The van der Waals surface area contributed by atoms with Crippen molar-refractivity contribution in [1.29, 1.82) is 0 Å². The molecule has 3 nitrogen and oxygen atoms in total. The summed E-state index contributed by atoms with van der Waals surface area (Å²) in [7, 11) is 0. The zero-order valence-electron chi connectivity index (χ0n) is 22.8. The van der Waals surface area contributed by atoms with Crippen molar-refractivity contribution < 1.29 is 14.7 Å². The molecule has 5 aliphatic carbocycles. The quantitative estimate of drug-likeness (QED) is 0.455. The Morgan fingerprint density at radius 2 is 1.62 bits per heavy atom. The SMILES string of the molecule is CC1(C)[C@@H](CO)CC[C@]2(C)[C@H]3C(=O)C=C4[C@@H]5C[C@@](C)(C=O)CC[C@]5(C)CC[C@@]4(C)[C@]3(C)CC[C@@H]12. The maximum absolute atomic E-state index is 14.3. The topological polar surface area (TPSA) is 54.4 Å². The van der Waals surface area contributed by atoms with Crippen molar-refractivity contribution in [3.8, 4) is 0 Å². The number of hydrogen-bond donors (Lipinski definition) is 1. The molecule has 34 heavy (non-hydrogen) atoms. The van der Waals surface area contributed by atoms with Crippen molar-refractivity contribution in [2.45, 2.75) is 106 Å². The first-order valence-electron chi connectivity index (χ1n) is 14.0.